The summed E-state index contributed by atoms with van der Waals surface area (Å²) in [7, 11) is 0. The number of hydrogen-bond donors (Lipinski definition) is 3. The molecule has 0 saturated carbocycles. The molecule has 9 heteroatoms. The first-order valence-electron chi connectivity index (χ1n) is 8.39. The van der Waals surface area contributed by atoms with Gasteiger partial charge >= 0.3 is 0 Å². The van der Waals surface area contributed by atoms with Crippen LogP contribution in [0.4, 0.5) is 17.3 Å². The minimum absolute atomic E-state index is 0.00670. The number of allylic oxidation sites excluding steroid dienone is 1. The number of aryl methyl sites for hydroxylation is 1. The number of nitro groups is 1. The van der Waals surface area contributed by atoms with Crippen LogP contribution in [-0.4, -0.2) is 23.0 Å². The van der Waals surface area contributed by atoms with Crippen LogP contribution in [0.5, 0.6) is 0 Å². The van der Waals surface area contributed by atoms with Crippen molar-refractivity contribution in [3.05, 3.63) is 68.2 Å². The lowest BCUT2D eigenvalue weighted by Crippen LogP contribution is -2.34. The number of rotatable bonds is 2. The summed E-state index contributed by atoms with van der Waals surface area (Å²) in [6, 6.07) is 9.42. The summed E-state index contributed by atoms with van der Waals surface area (Å²) >= 11 is 0. The predicted octanol–water partition coefficient (Wildman–Crippen LogP) is 1.43. The number of nitrogens with two attached hydrogens (primary N) is 2. The van der Waals surface area contributed by atoms with E-state index in [1.807, 2.05) is 37.3 Å². The van der Waals surface area contributed by atoms with E-state index in [4.69, 9.17) is 11.5 Å². The molecule has 1 fully saturated rings. The van der Waals surface area contributed by atoms with Crippen molar-refractivity contribution in [3.63, 3.8) is 0 Å². The van der Waals surface area contributed by atoms with Crippen molar-refractivity contribution in [1.29, 1.82) is 5.26 Å². The average Bonchev–Trinajstić information content (AvgIpc) is 3.10. The number of nitrogen functional groups attached to an aromatic ring is 2. The van der Waals surface area contributed by atoms with E-state index in [1.54, 1.807) is 4.90 Å². The molecule has 1 aromatic heterocycles. The highest BCUT2D eigenvalue weighted by Gasteiger charge is 2.46. The van der Waals surface area contributed by atoms with E-state index in [0.717, 1.165) is 5.56 Å². The first-order chi connectivity index (χ1) is 12.9. The Kier molecular flexibility index (Phi) is 3.63. The van der Waals surface area contributed by atoms with Gasteiger partial charge in [0.25, 0.3) is 5.70 Å². The van der Waals surface area contributed by atoms with E-state index in [2.05, 4.69) is 10.3 Å². The molecule has 1 atom stereocenters. The van der Waals surface area contributed by atoms with E-state index >= 15 is 0 Å². The van der Waals surface area contributed by atoms with E-state index in [1.165, 1.54) is 0 Å². The monoisotopic (exact) mass is 363 g/mol. The molecule has 27 heavy (non-hydrogen) atoms. The van der Waals surface area contributed by atoms with Crippen LogP contribution in [0.1, 0.15) is 28.2 Å². The molecule has 4 rings (SSSR count). The van der Waals surface area contributed by atoms with Crippen LogP contribution in [0.2, 0.25) is 0 Å². The highest BCUT2D eigenvalue weighted by atomic mass is 16.6. The Morgan fingerprint density at radius 2 is 2.22 bits per heavy atom. The lowest BCUT2D eigenvalue weighted by atomic mass is 9.84. The highest BCUT2D eigenvalue weighted by molar-refractivity contribution is 5.80. The van der Waals surface area contributed by atoms with Crippen molar-refractivity contribution in [3.8, 4) is 6.07 Å². The third-order valence-electron chi connectivity index (χ3n) is 4.93. The SMILES string of the molecule is Cc1cccc(C2C([N+](=O)[O-])=C3NCCN3c3nc(N)c(C#N)c(N)c32)c1. The molecule has 1 saturated heterocycles. The zero-order valence-electron chi connectivity index (χ0n) is 14.6. The van der Waals surface area contributed by atoms with E-state index in [-0.39, 0.29) is 22.8 Å². The Morgan fingerprint density at radius 1 is 1.44 bits per heavy atom. The molecule has 1 unspecified atom stereocenters. The number of nitriles is 1. The molecule has 0 amide bonds. The van der Waals surface area contributed by atoms with Crippen molar-refractivity contribution in [2.24, 2.45) is 0 Å². The zero-order chi connectivity index (χ0) is 19.3. The van der Waals surface area contributed by atoms with Crippen LogP contribution in [0.15, 0.2) is 35.8 Å². The number of benzene rings is 1. The van der Waals surface area contributed by atoms with Crippen molar-refractivity contribution >= 4 is 17.3 Å². The summed E-state index contributed by atoms with van der Waals surface area (Å²) in [5.74, 6) is 0.121. The maximum atomic E-state index is 12.0. The Hall–Kier alpha value is -3.80. The van der Waals surface area contributed by atoms with Crippen molar-refractivity contribution in [2.45, 2.75) is 12.8 Å². The van der Waals surface area contributed by atoms with Gasteiger partial charge in [0.1, 0.15) is 29.2 Å². The summed E-state index contributed by atoms with van der Waals surface area (Å²) in [5, 5.41) is 24.6. The standard InChI is InChI=1S/C18H17N7O2/c1-9-3-2-4-10(7-9)12-13-14(20)11(8-19)16(21)23-17(13)24-6-5-22-18(24)15(12)25(26)27/h2-4,7,12,22H,5-6H2,1H3,(H4,20,21,23). The van der Waals surface area contributed by atoms with Crippen molar-refractivity contribution < 1.29 is 4.92 Å². The second kappa shape index (κ2) is 5.88. The molecular formula is C18H17N7O2. The van der Waals surface area contributed by atoms with Crippen LogP contribution in [0, 0.1) is 28.4 Å². The van der Waals surface area contributed by atoms with Gasteiger partial charge in [-0.2, -0.15) is 5.26 Å². The topological polar surface area (TPSA) is 147 Å². The van der Waals surface area contributed by atoms with Gasteiger partial charge in [0.2, 0.25) is 0 Å². The number of hydrogen-bond acceptors (Lipinski definition) is 8. The largest absolute Gasteiger partial charge is 0.397 e. The molecule has 5 N–H and O–H groups in total. The molecule has 0 aliphatic carbocycles. The first kappa shape index (κ1) is 16.7. The Balaban J connectivity index is 2.10. The predicted molar refractivity (Wildman–Crippen MR) is 100 cm³/mol. The summed E-state index contributed by atoms with van der Waals surface area (Å²) in [6.45, 7) is 2.95. The first-order valence-corrected chi connectivity index (χ1v) is 8.39. The number of pyridine rings is 1. The molecule has 136 valence electrons. The van der Waals surface area contributed by atoms with Crippen LogP contribution >= 0.6 is 0 Å². The maximum Gasteiger partial charge on any atom is 0.298 e. The molecule has 0 spiro atoms. The summed E-state index contributed by atoms with van der Waals surface area (Å²) in [4.78, 5) is 17.7. The van der Waals surface area contributed by atoms with Gasteiger partial charge in [-0.3, -0.25) is 10.1 Å². The molecule has 1 aromatic carbocycles. The molecule has 3 heterocycles. The second-order valence-electron chi connectivity index (χ2n) is 6.55. The molecule has 2 aliphatic rings. The summed E-state index contributed by atoms with van der Waals surface area (Å²) < 4.78 is 0. The minimum Gasteiger partial charge on any atom is -0.397 e. The fourth-order valence-electron chi connectivity index (χ4n) is 3.80. The lowest BCUT2D eigenvalue weighted by Gasteiger charge is -2.31. The molecule has 0 radical (unpaired) electrons. The number of aromatic nitrogens is 1. The van der Waals surface area contributed by atoms with Gasteiger partial charge in [-0.15, -0.1) is 0 Å². The Morgan fingerprint density at radius 3 is 2.89 bits per heavy atom. The third kappa shape index (κ3) is 2.34. The number of nitrogens with one attached hydrogen (secondary N) is 1. The van der Waals surface area contributed by atoms with Crippen LogP contribution in [0.25, 0.3) is 0 Å². The van der Waals surface area contributed by atoms with Crippen LogP contribution < -0.4 is 21.7 Å². The summed E-state index contributed by atoms with van der Waals surface area (Å²) in [6.07, 6.45) is 0. The lowest BCUT2D eigenvalue weighted by molar-refractivity contribution is -0.430. The number of anilines is 3. The zero-order valence-corrected chi connectivity index (χ0v) is 14.6. The van der Waals surface area contributed by atoms with Gasteiger partial charge in [-0.25, -0.2) is 4.98 Å². The quantitative estimate of drug-likeness (QED) is 0.536. The fraction of sp³-hybridized carbons (Fsp3) is 0.222. The molecule has 2 aliphatic heterocycles. The van der Waals surface area contributed by atoms with Crippen molar-refractivity contribution in [1.82, 2.24) is 10.3 Å². The van der Waals surface area contributed by atoms with Gasteiger partial charge in [0, 0.05) is 18.7 Å². The van der Waals surface area contributed by atoms with Crippen LogP contribution in [0.3, 0.4) is 0 Å². The van der Waals surface area contributed by atoms with Crippen molar-refractivity contribution in [2.75, 3.05) is 29.5 Å². The molecule has 0 bridgehead atoms. The molecule has 2 aromatic rings. The average molecular weight is 363 g/mol. The number of fused-ring (bicyclic) bond motifs is 3. The maximum absolute atomic E-state index is 12.0. The van der Waals surface area contributed by atoms with Gasteiger partial charge in [0.05, 0.1) is 10.6 Å². The minimum atomic E-state index is -0.757. The van der Waals surface area contributed by atoms with E-state index in [0.29, 0.717) is 35.9 Å². The highest BCUT2D eigenvalue weighted by Crippen LogP contribution is 2.48. The normalized spacial score (nSPS) is 17.8. The number of nitrogens with zero attached hydrogens (tertiary/aromatic N) is 4. The van der Waals surface area contributed by atoms with Gasteiger partial charge in [-0.05, 0) is 12.5 Å². The van der Waals surface area contributed by atoms with Gasteiger partial charge in [0.15, 0.2) is 5.82 Å². The van der Waals surface area contributed by atoms with Gasteiger partial charge in [-0.1, -0.05) is 29.8 Å². The van der Waals surface area contributed by atoms with E-state index in [9.17, 15) is 15.4 Å². The Labute approximate surface area is 155 Å². The molecule has 9 nitrogen and oxygen atoms in total. The Bertz CT molecular complexity index is 1050. The fourth-order valence-corrected chi connectivity index (χ4v) is 3.80. The van der Waals surface area contributed by atoms with E-state index < -0.39 is 10.8 Å². The molecular weight excluding hydrogens is 346 g/mol. The third-order valence-corrected chi connectivity index (χ3v) is 4.93. The second-order valence-corrected chi connectivity index (χ2v) is 6.55. The van der Waals surface area contributed by atoms with Gasteiger partial charge < -0.3 is 21.7 Å². The van der Waals surface area contributed by atoms with Crippen LogP contribution in [-0.2, 0) is 0 Å². The smallest absolute Gasteiger partial charge is 0.298 e. The summed E-state index contributed by atoms with van der Waals surface area (Å²) in [5.41, 5.74) is 14.5.